The number of amides is 1. The van der Waals surface area contributed by atoms with Crippen molar-refractivity contribution in [3.05, 3.63) is 47.7 Å². The molecule has 1 aliphatic heterocycles. The van der Waals surface area contributed by atoms with E-state index in [1.807, 2.05) is 12.1 Å². The van der Waals surface area contributed by atoms with Gasteiger partial charge in [-0.3, -0.25) is 9.48 Å². The summed E-state index contributed by atoms with van der Waals surface area (Å²) in [6.45, 7) is 2.24. The Morgan fingerprint density at radius 3 is 2.55 bits per heavy atom. The number of carbonyl (C=O) groups excluding carboxylic acids is 1. The average Bonchev–Trinajstić information content (AvgIpc) is 3.36. The van der Waals surface area contributed by atoms with E-state index in [-0.39, 0.29) is 11.5 Å². The molecule has 2 aliphatic rings. The lowest BCUT2D eigenvalue weighted by atomic mass is 10.2. The van der Waals surface area contributed by atoms with Gasteiger partial charge in [-0.2, -0.15) is 5.10 Å². The number of halogens is 2. The number of aryl methyl sites for hydroxylation is 1. The SMILES string of the molecule is Cn1cc(C(=O)N2CCN(c3ccc4nc(C5CC5)cn4c3)CC2)c(C(F)F)n1. The van der Waals surface area contributed by atoms with Crippen molar-refractivity contribution in [2.24, 2.45) is 7.05 Å². The average molecular weight is 400 g/mol. The van der Waals surface area contributed by atoms with Crippen LogP contribution in [0.4, 0.5) is 14.5 Å². The monoisotopic (exact) mass is 400 g/mol. The smallest absolute Gasteiger partial charge is 0.282 e. The number of aromatic nitrogens is 4. The summed E-state index contributed by atoms with van der Waals surface area (Å²) < 4.78 is 29.7. The Bertz CT molecular complexity index is 1060. The first-order chi connectivity index (χ1) is 14.0. The van der Waals surface area contributed by atoms with Crippen molar-refractivity contribution < 1.29 is 13.6 Å². The second-order valence-corrected chi connectivity index (χ2v) is 7.77. The van der Waals surface area contributed by atoms with Gasteiger partial charge in [-0.15, -0.1) is 0 Å². The van der Waals surface area contributed by atoms with Crippen molar-refractivity contribution in [2.75, 3.05) is 31.1 Å². The Morgan fingerprint density at radius 1 is 1.10 bits per heavy atom. The lowest BCUT2D eigenvalue weighted by molar-refractivity contribution is 0.0734. The molecule has 9 heteroatoms. The minimum Gasteiger partial charge on any atom is -0.367 e. The number of rotatable bonds is 4. The maximum Gasteiger partial charge on any atom is 0.282 e. The highest BCUT2D eigenvalue weighted by Gasteiger charge is 2.29. The van der Waals surface area contributed by atoms with Crippen LogP contribution in [0, 0.1) is 0 Å². The van der Waals surface area contributed by atoms with E-state index in [1.54, 1.807) is 11.9 Å². The number of piperazine rings is 1. The van der Waals surface area contributed by atoms with E-state index < -0.39 is 12.1 Å². The van der Waals surface area contributed by atoms with Gasteiger partial charge in [0, 0.05) is 57.7 Å². The first-order valence-electron chi connectivity index (χ1n) is 9.84. The van der Waals surface area contributed by atoms with Crippen LogP contribution in [0.5, 0.6) is 0 Å². The largest absolute Gasteiger partial charge is 0.367 e. The van der Waals surface area contributed by atoms with Crippen LogP contribution < -0.4 is 4.90 Å². The van der Waals surface area contributed by atoms with E-state index in [1.165, 1.54) is 23.7 Å². The van der Waals surface area contributed by atoms with Crippen LogP contribution >= 0.6 is 0 Å². The number of pyridine rings is 1. The number of hydrogen-bond donors (Lipinski definition) is 0. The molecule has 7 nitrogen and oxygen atoms in total. The molecular formula is C20H22F2N6O. The summed E-state index contributed by atoms with van der Waals surface area (Å²) in [7, 11) is 1.54. The summed E-state index contributed by atoms with van der Waals surface area (Å²) in [6.07, 6.45) is 5.22. The molecule has 3 aromatic heterocycles. The third-order valence-electron chi connectivity index (χ3n) is 5.68. The van der Waals surface area contributed by atoms with Gasteiger partial charge in [0.2, 0.25) is 0 Å². The highest BCUT2D eigenvalue weighted by Crippen LogP contribution is 2.39. The molecule has 0 aromatic carbocycles. The molecule has 152 valence electrons. The summed E-state index contributed by atoms with van der Waals surface area (Å²) in [5.74, 6) is 0.228. The molecule has 1 aliphatic carbocycles. The first kappa shape index (κ1) is 18.1. The standard InChI is InChI=1S/C20H22F2N6O/c1-25-11-15(18(24-25)19(21)22)20(29)27-8-6-26(7-9-27)14-4-5-17-23-16(13-2-3-13)12-28(17)10-14/h4-5,10-13,19H,2-3,6-9H2,1H3. The number of nitrogens with zero attached hydrogens (tertiary/aromatic N) is 6. The molecule has 0 spiro atoms. The van der Waals surface area contributed by atoms with Crippen LogP contribution in [0.3, 0.4) is 0 Å². The lowest BCUT2D eigenvalue weighted by Gasteiger charge is -2.36. The van der Waals surface area contributed by atoms with Crippen molar-refractivity contribution in [1.29, 1.82) is 0 Å². The van der Waals surface area contributed by atoms with E-state index in [4.69, 9.17) is 0 Å². The topological polar surface area (TPSA) is 58.7 Å². The number of fused-ring (bicyclic) bond motifs is 1. The van der Waals surface area contributed by atoms with Gasteiger partial charge in [0.25, 0.3) is 12.3 Å². The summed E-state index contributed by atoms with van der Waals surface area (Å²) >= 11 is 0. The van der Waals surface area contributed by atoms with Gasteiger partial charge in [0.15, 0.2) is 0 Å². The number of alkyl halides is 2. The van der Waals surface area contributed by atoms with E-state index in [2.05, 4.69) is 31.8 Å². The molecule has 1 saturated carbocycles. The molecule has 29 heavy (non-hydrogen) atoms. The second-order valence-electron chi connectivity index (χ2n) is 7.77. The van der Waals surface area contributed by atoms with Crippen LogP contribution in [0.15, 0.2) is 30.7 Å². The van der Waals surface area contributed by atoms with Crippen molar-refractivity contribution in [3.8, 4) is 0 Å². The van der Waals surface area contributed by atoms with E-state index in [9.17, 15) is 13.6 Å². The molecule has 2 fully saturated rings. The molecule has 4 heterocycles. The molecule has 1 saturated heterocycles. The molecular weight excluding hydrogens is 378 g/mol. The van der Waals surface area contributed by atoms with Gasteiger partial charge in [-0.25, -0.2) is 13.8 Å². The summed E-state index contributed by atoms with van der Waals surface area (Å²) in [4.78, 5) is 21.2. The third kappa shape index (κ3) is 3.34. The zero-order chi connectivity index (χ0) is 20.1. The first-order valence-corrected chi connectivity index (χ1v) is 9.84. The van der Waals surface area contributed by atoms with Gasteiger partial charge in [-0.05, 0) is 25.0 Å². The quantitative estimate of drug-likeness (QED) is 0.676. The van der Waals surface area contributed by atoms with Crippen LogP contribution in [0.2, 0.25) is 0 Å². The predicted molar refractivity (Wildman–Crippen MR) is 103 cm³/mol. The summed E-state index contributed by atoms with van der Waals surface area (Å²) in [6, 6.07) is 4.07. The molecule has 0 radical (unpaired) electrons. The van der Waals surface area contributed by atoms with Crippen molar-refractivity contribution in [3.63, 3.8) is 0 Å². The highest BCUT2D eigenvalue weighted by atomic mass is 19.3. The van der Waals surface area contributed by atoms with E-state index in [0.29, 0.717) is 32.1 Å². The zero-order valence-electron chi connectivity index (χ0n) is 16.1. The third-order valence-corrected chi connectivity index (χ3v) is 5.68. The normalized spacial score (nSPS) is 17.5. The fourth-order valence-corrected chi connectivity index (χ4v) is 3.93. The number of anilines is 1. The molecule has 0 bridgehead atoms. The van der Waals surface area contributed by atoms with Gasteiger partial charge in [0.1, 0.15) is 11.3 Å². The zero-order valence-corrected chi connectivity index (χ0v) is 16.1. The Hall–Kier alpha value is -2.97. The Balaban J connectivity index is 1.29. The fourth-order valence-electron chi connectivity index (χ4n) is 3.93. The maximum absolute atomic E-state index is 13.2. The van der Waals surface area contributed by atoms with Crippen molar-refractivity contribution in [1.82, 2.24) is 24.1 Å². The van der Waals surface area contributed by atoms with Crippen molar-refractivity contribution >= 4 is 17.2 Å². The Labute approximate surface area is 166 Å². The number of carbonyl (C=O) groups is 1. The minimum atomic E-state index is -2.76. The van der Waals surface area contributed by atoms with Crippen LogP contribution in [0.1, 0.15) is 46.9 Å². The van der Waals surface area contributed by atoms with Crippen LogP contribution in [-0.2, 0) is 7.05 Å². The van der Waals surface area contributed by atoms with Crippen LogP contribution in [0.25, 0.3) is 5.65 Å². The fraction of sp³-hybridized carbons (Fsp3) is 0.450. The van der Waals surface area contributed by atoms with Gasteiger partial charge in [0.05, 0.1) is 16.9 Å². The van der Waals surface area contributed by atoms with Gasteiger partial charge < -0.3 is 14.2 Å². The number of hydrogen-bond acceptors (Lipinski definition) is 4. The number of imidazole rings is 1. The van der Waals surface area contributed by atoms with Gasteiger partial charge >= 0.3 is 0 Å². The molecule has 1 amide bonds. The minimum absolute atomic E-state index is 0.0107. The molecule has 5 rings (SSSR count). The molecule has 0 atom stereocenters. The van der Waals surface area contributed by atoms with Crippen LogP contribution in [-0.4, -0.2) is 56.2 Å². The van der Waals surface area contributed by atoms with Crippen molar-refractivity contribution in [2.45, 2.75) is 25.2 Å². The summed E-state index contributed by atoms with van der Waals surface area (Å²) in [5, 5.41) is 3.74. The Kier molecular flexibility index (Phi) is 4.25. The van der Waals surface area contributed by atoms with E-state index >= 15 is 0 Å². The lowest BCUT2D eigenvalue weighted by Crippen LogP contribution is -2.49. The summed E-state index contributed by atoms with van der Waals surface area (Å²) in [5.41, 5.74) is 2.71. The molecule has 3 aromatic rings. The van der Waals surface area contributed by atoms with E-state index in [0.717, 1.165) is 17.0 Å². The van der Waals surface area contributed by atoms with Gasteiger partial charge in [-0.1, -0.05) is 0 Å². The maximum atomic E-state index is 13.2. The predicted octanol–water partition coefficient (Wildman–Crippen LogP) is 2.85. The Morgan fingerprint density at radius 2 is 1.86 bits per heavy atom. The second kappa shape index (κ2) is 6.82. The molecule has 0 unspecified atom stereocenters. The molecule has 0 N–H and O–H groups in total. The highest BCUT2D eigenvalue weighted by molar-refractivity contribution is 5.95.